The number of rotatable bonds is 5. The number of aliphatic hydroxyl groups is 2. The van der Waals surface area contributed by atoms with E-state index in [9.17, 15) is 14.4 Å². The number of aliphatic hydroxyl groups excluding tert-OH is 2. The van der Waals surface area contributed by atoms with Crippen molar-refractivity contribution in [3.05, 3.63) is 0 Å². The summed E-state index contributed by atoms with van der Waals surface area (Å²) in [5.74, 6) is -2.99. The summed E-state index contributed by atoms with van der Waals surface area (Å²) in [4.78, 5) is 30.8. The first kappa shape index (κ1) is 20.3. The molecule has 0 radical (unpaired) electrons. The van der Waals surface area contributed by atoms with E-state index in [-0.39, 0.29) is 12.0 Å². The normalized spacial score (nSPS) is 23.5. The van der Waals surface area contributed by atoms with Gasteiger partial charge in [0.15, 0.2) is 12.2 Å². The fourth-order valence-electron chi connectivity index (χ4n) is 1.80. The van der Waals surface area contributed by atoms with Gasteiger partial charge in [-0.25, -0.2) is 9.59 Å². The number of ether oxygens (including phenoxy) is 1. The molecule has 1 fully saturated rings. The zero-order chi connectivity index (χ0) is 17.3. The third-order valence-electron chi connectivity index (χ3n) is 3.04. The Labute approximate surface area is 127 Å². The lowest BCUT2D eigenvalue weighted by Gasteiger charge is -2.26. The summed E-state index contributed by atoms with van der Waals surface area (Å²) in [5, 5.41) is 35.7. The van der Waals surface area contributed by atoms with Crippen LogP contribution in [0.1, 0.15) is 26.7 Å². The highest BCUT2D eigenvalue weighted by atomic mass is 16.5. The molecule has 1 aliphatic heterocycles. The van der Waals surface area contributed by atoms with E-state index in [1.807, 2.05) is 6.92 Å². The van der Waals surface area contributed by atoms with Gasteiger partial charge in [0.2, 0.25) is 0 Å². The summed E-state index contributed by atoms with van der Waals surface area (Å²) in [6.45, 7) is 5.42. The summed E-state index contributed by atoms with van der Waals surface area (Å²) in [6.07, 6.45) is -2.45. The van der Waals surface area contributed by atoms with Crippen LogP contribution in [0.25, 0.3) is 0 Å². The van der Waals surface area contributed by atoms with Gasteiger partial charge >= 0.3 is 17.9 Å². The second-order valence-electron chi connectivity index (χ2n) is 4.95. The maximum atomic E-state index is 11.3. The Bertz CT molecular complexity index is 368. The van der Waals surface area contributed by atoms with Gasteiger partial charge in [-0.15, -0.1) is 0 Å². The molecule has 0 aromatic carbocycles. The Morgan fingerprint density at radius 1 is 1.18 bits per heavy atom. The van der Waals surface area contributed by atoms with Crippen molar-refractivity contribution in [3.63, 3.8) is 0 Å². The number of aliphatic carboxylic acids is 2. The molecule has 9 heteroatoms. The van der Waals surface area contributed by atoms with E-state index in [1.165, 1.54) is 0 Å². The third kappa shape index (κ3) is 7.34. The van der Waals surface area contributed by atoms with Gasteiger partial charge in [-0.2, -0.15) is 0 Å². The van der Waals surface area contributed by atoms with Crippen molar-refractivity contribution in [2.45, 2.75) is 44.9 Å². The largest absolute Gasteiger partial charge is 0.479 e. The Morgan fingerprint density at radius 2 is 1.68 bits per heavy atom. The number of carbonyl (C=O) groups excluding carboxylic acids is 1. The van der Waals surface area contributed by atoms with Crippen LogP contribution in [-0.2, 0) is 19.1 Å². The van der Waals surface area contributed by atoms with E-state index >= 15 is 0 Å². The number of hydrogen-bond donors (Lipinski definition) is 5. The fourth-order valence-corrected chi connectivity index (χ4v) is 1.80. The Hall–Kier alpha value is -1.71. The molecular formula is C13H23NO8. The van der Waals surface area contributed by atoms with Crippen molar-refractivity contribution in [1.82, 2.24) is 5.32 Å². The third-order valence-corrected chi connectivity index (χ3v) is 3.04. The molecule has 0 spiro atoms. The minimum Gasteiger partial charge on any atom is -0.479 e. The second-order valence-corrected chi connectivity index (χ2v) is 4.95. The van der Waals surface area contributed by atoms with E-state index in [0.717, 1.165) is 19.4 Å². The van der Waals surface area contributed by atoms with Gasteiger partial charge < -0.3 is 30.5 Å². The molecule has 22 heavy (non-hydrogen) atoms. The van der Waals surface area contributed by atoms with Gasteiger partial charge in [0.05, 0.1) is 6.61 Å². The van der Waals surface area contributed by atoms with E-state index in [4.69, 9.17) is 25.2 Å². The van der Waals surface area contributed by atoms with Gasteiger partial charge in [0.1, 0.15) is 6.04 Å². The molecule has 0 aromatic heterocycles. The summed E-state index contributed by atoms with van der Waals surface area (Å²) in [6, 6.07) is -0.0614. The quantitative estimate of drug-likeness (QED) is 0.393. The number of carbonyl (C=O) groups is 3. The minimum atomic E-state index is -2.27. The first-order valence-electron chi connectivity index (χ1n) is 6.92. The molecule has 5 N–H and O–H groups in total. The molecule has 1 rings (SSSR count). The molecule has 1 aliphatic rings. The van der Waals surface area contributed by atoms with Gasteiger partial charge in [-0.05, 0) is 32.2 Å². The predicted molar refractivity (Wildman–Crippen MR) is 74.1 cm³/mol. The number of piperidine rings is 1. The zero-order valence-electron chi connectivity index (χ0n) is 12.6. The summed E-state index contributed by atoms with van der Waals surface area (Å²) >= 11 is 0. The van der Waals surface area contributed by atoms with Crippen molar-refractivity contribution in [1.29, 1.82) is 0 Å². The number of carboxylic acids is 2. The summed E-state index contributed by atoms with van der Waals surface area (Å²) in [7, 11) is 0. The maximum Gasteiger partial charge on any atom is 0.335 e. The average Bonchev–Trinajstić information content (AvgIpc) is 2.46. The maximum absolute atomic E-state index is 11.3. The Balaban J connectivity index is 0.000000409. The van der Waals surface area contributed by atoms with E-state index in [0.29, 0.717) is 12.5 Å². The van der Waals surface area contributed by atoms with Crippen LogP contribution >= 0.6 is 0 Å². The molecule has 0 bridgehead atoms. The smallest absolute Gasteiger partial charge is 0.335 e. The lowest BCUT2D eigenvalue weighted by Crippen LogP contribution is -2.43. The van der Waals surface area contributed by atoms with Crippen molar-refractivity contribution < 1.29 is 39.5 Å². The molecule has 4 atom stereocenters. The predicted octanol–water partition coefficient (Wildman–Crippen LogP) is -1.18. The molecule has 0 unspecified atom stereocenters. The van der Waals surface area contributed by atoms with Crippen molar-refractivity contribution >= 4 is 17.9 Å². The van der Waals surface area contributed by atoms with Gasteiger partial charge in [0.25, 0.3) is 0 Å². The van der Waals surface area contributed by atoms with Gasteiger partial charge in [-0.3, -0.25) is 4.79 Å². The second kappa shape index (κ2) is 10.1. The summed E-state index contributed by atoms with van der Waals surface area (Å²) < 4.78 is 4.93. The molecule has 128 valence electrons. The number of carboxylic acid groups (broad SMARTS) is 2. The molecule has 0 saturated carbocycles. The van der Waals surface area contributed by atoms with Gasteiger partial charge in [-0.1, -0.05) is 6.92 Å². The highest BCUT2D eigenvalue weighted by Gasteiger charge is 2.29. The van der Waals surface area contributed by atoms with Crippen LogP contribution in [-0.4, -0.2) is 69.7 Å². The molecule has 9 nitrogen and oxygen atoms in total. The molecule has 0 aliphatic carbocycles. The van der Waals surface area contributed by atoms with Gasteiger partial charge in [0, 0.05) is 0 Å². The first-order chi connectivity index (χ1) is 10.2. The molecule has 1 saturated heterocycles. The molecule has 0 amide bonds. The lowest BCUT2D eigenvalue weighted by molar-refractivity contribution is -0.165. The molecule has 0 aromatic rings. The zero-order valence-corrected chi connectivity index (χ0v) is 12.6. The van der Waals surface area contributed by atoms with Crippen LogP contribution in [0, 0.1) is 5.92 Å². The van der Waals surface area contributed by atoms with Crippen LogP contribution in [0.15, 0.2) is 0 Å². The minimum absolute atomic E-state index is 0.0614. The monoisotopic (exact) mass is 321 g/mol. The first-order valence-corrected chi connectivity index (χ1v) is 6.92. The van der Waals surface area contributed by atoms with E-state index < -0.39 is 24.1 Å². The topological polar surface area (TPSA) is 153 Å². The lowest BCUT2D eigenvalue weighted by atomic mass is 9.94. The average molecular weight is 321 g/mol. The highest BCUT2D eigenvalue weighted by Crippen LogP contribution is 2.15. The van der Waals surface area contributed by atoms with Crippen molar-refractivity contribution in [3.8, 4) is 0 Å². The molecule has 1 heterocycles. The standard InChI is InChI=1S/C9H17NO2.C4H6O6/c1-3-12-9(11)8-6-7(2)4-5-10-8;5-1(3(7)8)2(6)4(9)10/h7-8,10H,3-6H2,1-2H3;1-2,5-6H,(H,7,8)(H,9,10)/t7-,8-;1-,2-/m11/s1. The summed E-state index contributed by atoms with van der Waals surface area (Å²) in [5.41, 5.74) is 0. The fraction of sp³-hybridized carbons (Fsp3) is 0.769. The Morgan fingerprint density at radius 3 is 2.05 bits per heavy atom. The van der Waals surface area contributed by atoms with E-state index in [2.05, 4.69) is 12.2 Å². The van der Waals surface area contributed by atoms with Crippen LogP contribution in [0.2, 0.25) is 0 Å². The number of hydrogen-bond acceptors (Lipinski definition) is 7. The Kier molecular flexibility index (Phi) is 9.31. The highest BCUT2D eigenvalue weighted by molar-refractivity contribution is 5.83. The van der Waals surface area contributed by atoms with Crippen LogP contribution < -0.4 is 5.32 Å². The van der Waals surface area contributed by atoms with Crippen LogP contribution in [0.4, 0.5) is 0 Å². The van der Waals surface area contributed by atoms with Crippen LogP contribution in [0.5, 0.6) is 0 Å². The number of nitrogens with one attached hydrogen (secondary N) is 1. The molecular weight excluding hydrogens is 298 g/mol. The van der Waals surface area contributed by atoms with Crippen molar-refractivity contribution in [2.75, 3.05) is 13.2 Å². The van der Waals surface area contributed by atoms with Crippen molar-refractivity contribution in [2.24, 2.45) is 5.92 Å². The van der Waals surface area contributed by atoms with Crippen LogP contribution in [0.3, 0.4) is 0 Å². The van der Waals surface area contributed by atoms with E-state index in [1.54, 1.807) is 0 Å². The SMILES string of the molecule is CCOC(=O)[C@H]1C[C@H](C)CCN1.O=C(O)[C@H](O)[C@@H](O)C(=O)O. The number of esters is 1.